The fraction of sp³-hybridized carbons (Fsp3) is 0.333. The van der Waals surface area contributed by atoms with E-state index in [1.54, 1.807) is 6.07 Å². The number of carbonyl (C=O) groups excluding carboxylic acids is 1. The number of hydrogen-bond donors (Lipinski definition) is 1. The molecule has 2 aromatic heterocycles. The highest BCUT2D eigenvalue weighted by molar-refractivity contribution is 14.1. The first-order chi connectivity index (χ1) is 16.0. The summed E-state index contributed by atoms with van der Waals surface area (Å²) in [5.41, 5.74) is 0.724. The molecule has 0 spiro atoms. The average Bonchev–Trinajstić information content (AvgIpc) is 3.13. The predicted octanol–water partition coefficient (Wildman–Crippen LogP) is 3.41. The highest BCUT2D eigenvalue weighted by Gasteiger charge is 2.25. The van der Waals surface area contributed by atoms with Gasteiger partial charge in [-0.25, -0.2) is 12.8 Å². The maximum Gasteiger partial charge on any atom is 0.255 e. The fourth-order valence-corrected chi connectivity index (χ4v) is 5.54. The second-order valence-electron chi connectivity index (χ2n) is 7.55. The summed E-state index contributed by atoms with van der Waals surface area (Å²) >= 11 is -0.706. The Bertz CT molecular complexity index is 1330. The standard InChI is InChI=1S/C21H23FIN3O6S2/c1-24-20(27)17-15-12-16(23)19(26(33(28)29)10-4-3-5-11-34(2,30)31)25-21(15)32-18(17)13-6-8-14(22)9-7-13/h6-9,12H,3-5,10-11H2,1-2H3,(H,24,27)(H,28,29)/p-1. The smallest absolute Gasteiger partial charge is 0.255 e. The number of carbonyl (C=O) groups is 1. The van der Waals surface area contributed by atoms with Gasteiger partial charge in [-0.05, 0) is 65.8 Å². The zero-order valence-corrected chi connectivity index (χ0v) is 22.1. The van der Waals surface area contributed by atoms with Crippen LogP contribution in [-0.2, 0) is 21.1 Å². The van der Waals surface area contributed by atoms with Gasteiger partial charge in [-0.3, -0.25) is 13.3 Å². The zero-order valence-electron chi connectivity index (χ0n) is 18.3. The topological polar surface area (TPSA) is 133 Å². The molecule has 0 bridgehead atoms. The summed E-state index contributed by atoms with van der Waals surface area (Å²) in [5.74, 6) is -0.520. The molecule has 0 aliphatic heterocycles. The second kappa shape index (κ2) is 11.1. The molecule has 1 atom stereocenters. The Balaban J connectivity index is 1.98. The fourth-order valence-electron chi connectivity index (χ4n) is 3.37. The van der Waals surface area contributed by atoms with Crippen molar-refractivity contribution in [3.05, 3.63) is 45.3 Å². The van der Waals surface area contributed by atoms with Crippen LogP contribution in [0.25, 0.3) is 22.4 Å². The van der Waals surface area contributed by atoms with Crippen molar-refractivity contribution >= 4 is 66.5 Å². The van der Waals surface area contributed by atoms with Crippen LogP contribution in [-0.4, -0.2) is 53.7 Å². The second-order valence-corrected chi connectivity index (χ2v) is 11.8. The lowest BCUT2D eigenvalue weighted by molar-refractivity contribution is 0.0964. The third-order valence-electron chi connectivity index (χ3n) is 4.97. The molecule has 1 unspecified atom stereocenters. The Morgan fingerprint density at radius 1 is 1.26 bits per heavy atom. The summed E-state index contributed by atoms with van der Waals surface area (Å²) in [7, 11) is -1.61. The molecule has 9 nitrogen and oxygen atoms in total. The minimum absolute atomic E-state index is 0.0377. The molecule has 0 saturated heterocycles. The SMILES string of the molecule is CNC(=O)c1c(-c2ccc(F)cc2)oc2nc(N(CCCCCS(C)(=O)=O)S(=O)[O-])c(I)cc12. The average molecular weight is 622 g/mol. The van der Waals surface area contributed by atoms with E-state index in [0.29, 0.717) is 33.8 Å². The minimum atomic E-state index is -3.08. The van der Waals surface area contributed by atoms with E-state index in [1.807, 2.05) is 22.6 Å². The van der Waals surface area contributed by atoms with E-state index in [2.05, 4.69) is 10.3 Å². The Hall–Kier alpha value is -2.10. The van der Waals surface area contributed by atoms with Gasteiger partial charge in [0.1, 0.15) is 21.4 Å². The van der Waals surface area contributed by atoms with Gasteiger partial charge >= 0.3 is 0 Å². The highest BCUT2D eigenvalue weighted by atomic mass is 127. The molecule has 1 amide bonds. The number of furan rings is 1. The minimum Gasteiger partial charge on any atom is -0.755 e. The number of fused-ring (bicyclic) bond motifs is 1. The molecule has 34 heavy (non-hydrogen) atoms. The molecule has 13 heteroatoms. The van der Waals surface area contributed by atoms with Crippen molar-refractivity contribution in [2.24, 2.45) is 0 Å². The van der Waals surface area contributed by atoms with E-state index in [4.69, 9.17) is 4.42 Å². The van der Waals surface area contributed by atoms with Crippen LogP contribution in [0.3, 0.4) is 0 Å². The summed E-state index contributed by atoms with van der Waals surface area (Å²) in [4.78, 5) is 17.0. The summed E-state index contributed by atoms with van der Waals surface area (Å²) < 4.78 is 67.2. The number of anilines is 1. The van der Waals surface area contributed by atoms with Gasteiger partial charge in [0.2, 0.25) is 5.71 Å². The van der Waals surface area contributed by atoms with Crippen molar-refractivity contribution in [3.63, 3.8) is 0 Å². The number of sulfone groups is 1. The molecule has 1 aromatic carbocycles. The Morgan fingerprint density at radius 2 is 1.94 bits per heavy atom. The molecule has 0 saturated carbocycles. The number of unbranched alkanes of at least 4 members (excludes halogenated alkanes) is 2. The monoisotopic (exact) mass is 622 g/mol. The van der Waals surface area contributed by atoms with Crippen molar-refractivity contribution in [2.45, 2.75) is 19.3 Å². The predicted molar refractivity (Wildman–Crippen MR) is 135 cm³/mol. The van der Waals surface area contributed by atoms with Crippen LogP contribution in [0.5, 0.6) is 0 Å². The zero-order chi connectivity index (χ0) is 25.0. The number of benzene rings is 1. The van der Waals surface area contributed by atoms with Crippen LogP contribution in [0.15, 0.2) is 34.7 Å². The van der Waals surface area contributed by atoms with Gasteiger partial charge in [0.05, 0.1) is 14.5 Å². The van der Waals surface area contributed by atoms with E-state index in [-0.39, 0.29) is 35.2 Å². The number of pyridine rings is 1. The number of amides is 1. The Morgan fingerprint density at radius 3 is 2.53 bits per heavy atom. The number of hydrogen-bond acceptors (Lipinski definition) is 7. The van der Waals surface area contributed by atoms with Gasteiger partial charge in [0.15, 0.2) is 5.82 Å². The third kappa shape index (κ3) is 6.31. The highest BCUT2D eigenvalue weighted by Crippen LogP contribution is 2.36. The van der Waals surface area contributed by atoms with Gasteiger partial charge in [-0.1, -0.05) is 6.42 Å². The van der Waals surface area contributed by atoms with Gasteiger partial charge in [-0.15, -0.1) is 0 Å². The molecule has 0 fully saturated rings. The molecular weight excluding hydrogens is 600 g/mol. The maximum absolute atomic E-state index is 13.4. The number of nitrogens with one attached hydrogen (secondary N) is 1. The van der Waals surface area contributed by atoms with Crippen molar-refractivity contribution < 1.29 is 30.8 Å². The van der Waals surface area contributed by atoms with Gasteiger partial charge < -0.3 is 14.3 Å². The van der Waals surface area contributed by atoms with Crippen LogP contribution in [0.1, 0.15) is 29.6 Å². The van der Waals surface area contributed by atoms with Crippen molar-refractivity contribution in [1.29, 1.82) is 0 Å². The molecule has 0 aliphatic carbocycles. The van der Waals surface area contributed by atoms with Crippen LogP contribution >= 0.6 is 22.6 Å². The number of rotatable bonds is 10. The number of aromatic nitrogens is 1. The maximum atomic E-state index is 13.4. The molecule has 0 aliphatic rings. The summed E-state index contributed by atoms with van der Waals surface area (Å²) in [5, 5.41) is 2.94. The quantitative estimate of drug-likeness (QED) is 0.208. The van der Waals surface area contributed by atoms with Crippen LogP contribution < -0.4 is 9.62 Å². The van der Waals surface area contributed by atoms with Crippen molar-refractivity contribution in [3.8, 4) is 11.3 Å². The first-order valence-corrected chi connectivity index (χ1v) is 14.3. The Kier molecular flexibility index (Phi) is 8.65. The lowest BCUT2D eigenvalue weighted by atomic mass is 10.1. The molecule has 2 heterocycles. The summed E-state index contributed by atoms with van der Waals surface area (Å²) in [6.45, 7) is 0.0994. The first kappa shape index (κ1) is 26.5. The molecule has 3 aromatic rings. The van der Waals surface area contributed by atoms with E-state index >= 15 is 0 Å². The van der Waals surface area contributed by atoms with Gasteiger partial charge in [0.25, 0.3) is 5.91 Å². The summed E-state index contributed by atoms with van der Waals surface area (Å²) in [6, 6.07) is 7.04. The van der Waals surface area contributed by atoms with Crippen LogP contribution in [0.2, 0.25) is 0 Å². The van der Waals surface area contributed by atoms with Crippen LogP contribution in [0, 0.1) is 9.39 Å². The molecule has 1 N–H and O–H groups in total. The number of nitrogens with zero attached hydrogens (tertiary/aromatic N) is 2. The largest absolute Gasteiger partial charge is 0.755 e. The normalized spacial score (nSPS) is 12.6. The van der Waals surface area contributed by atoms with E-state index in [1.165, 1.54) is 31.3 Å². The number of halogens is 2. The molecular formula is C21H22FIN3O6S2-. The van der Waals surface area contributed by atoms with Crippen LogP contribution in [0.4, 0.5) is 10.2 Å². The van der Waals surface area contributed by atoms with E-state index < -0.39 is 32.8 Å². The van der Waals surface area contributed by atoms with Crippen molar-refractivity contribution in [2.75, 3.05) is 29.9 Å². The van der Waals surface area contributed by atoms with Crippen molar-refractivity contribution in [1.82, 2.24) is 10.3 Å². The lowest BCUT2D eigenvalue weighted by Gasteiger charge is -2.26. The van der Waals surface area contributed by atoms with Gasteiger partial charge in [0, 0.05) is 42.4 Å². The van der Waals surface area contributed by atoms with E-state index in [0.717, 1.165) is 10.6 Å². The molecule has 0 radical (unpaired) electrons. The Labute approximate surface area is 212 Å². The third-order valence-corrected chi connectivity index (χ3v) is 7.51. The van der Waals surface area contributed by atoms with Gasteiger partial charge in [-0.2, -0.15) is 4.98 Å². The summed E-state index contributed by atoms with van der Waals surface area (Å²) in [6.07, 6.45) is 2.54. The van der Waals surface area contributed by atoms with E-state index in [9.17, 15) is 26.4 Å². The molecule has 184 valence electrons. The lowest BCUT2D eigenvalue weighted by Crippen LogP contribution is -2.28. The molecule has 3 rings (SSSR count). The first-order valence-electron chi connectivity index (χ1n) is 10.2.